The number of benzene rings is 1. The highest BCUT2D eigenvalue weighted by Gasteiger charge is 2.34. The van der Waals surface area contributed by atoms with Gasteiger partial charge in [0, 0.05) is 30.1 Å². The number of carbonyl (C=O) groups is 2. The van der Waals surface area contributed by atoms with Gasteiger partial charge in [0.05, 0.1) is 16.4 Å². The highest BCUT2D eigenvalue weighted by atomic mass is 32.2. The smallest absolute Gasteiger partial charge is 0.306 e. The van der Waals surface area contributed by atoms with E-state index in [0.29, 0.717) is 30.0 Å². The molecule has 0 bridgehead atoms. The molecule has 1 heterocycles. The van der Waals surface area contributed by atoms with Crippen LogP contribution in [0.15, 0.2) is 23.1 Å². The summed E-state index contributed by atoms with van der Waals surface area (Å²) >= 11 is 1.46. The molecular weight excluding hydrogens is 332 g/mol. The largest absolute Gasteiger partial charge is 0.481 e. The molecule has 1 aromatic rings. The number of hydrogen-bond acceptors (Lipinski definition) is 5. The van der Waals surface area contributed by atoms with Crippen LogP contribution in [0.2, 0.25) is 0 Å². The fraction of sp³-hybridized carbons (Fsp3) is 0.500. The Bertz CT molecular complexity index is 664. The number of carboxylic acid groups (broad SMARTS) is 1. The van der Waals surface area contributed by atoms with Crippen LogP contribution in [-0.2, 0) is 4.79 Å². The maximum Gasteiger partial charge on any atom is 0.306 e. The van der Waals surface area contributed by atoms with Crippen molar-refractivity contribution in [2.45, 2.75) is 25.2 Å². The standard InChI is InChI=1S/C16H20N2O5S/c1-3-24-14-5-4-11(18(22)23)8-13(14)15(19)17-7-6-12(16(20)21)10(2)9-17/h4-5,8,10,12H,3,6-7,9H2,1-2H3,(H,20,21). The van der Waals surface area contributed by atoms with Gasteiger partial charge in [-0.2, -0.15) is 0 Å². The van der Waals surface area contributed by atoms with Gasteiger partial charge in [-0.3, -0.25) is 19.7 Å². The zero-order valence-electron chi connectivity index (χ0n) is 13.6. The maximum absolute atomic E-state index is 12.8. The van der Waals surface area contributed by atoms with E-state index in [2.05, 4.69) is 0 Å². The van der Waals surface area contributed by atoms with E-state index >= 15 is 0 Å². The Hall–Kier alpha value is -2.09. The molecule has 0 aliphatic carbocycles. The lowest BCUT2D eigenvalue weighted by molar-refractivity contribution is -0.384. The van der Waals surface area contributed by atoms with Crippen LogP contribution >= 0.6 is 11.8 Å². The molecule has 2 atom stereocenters. The van der Waals surface area contributed by atoms with Crippen LogP contribution < -0.4 is 0 Å². The summed E-state index contributed by atoms with van der Waals surface area (Å²) in [6, 6.07) is 4.31. The quantitative estimate of drug-likeness (QED) is 0.497. The first-order valence-electron chi connectivity index (χ1n) is 7.78. The Morgan fingerprint density at radius 1 is 1.46 bits per heavy atom. The van der Waals surface area contributed by atoms with E-state index < -0.39 is 16.8 Å². The van der Waals surface area contributed by atoms with Gasteiger partial charge in [0.15, 0.2) is 0 Å². The van der Waals surface area contributed by atoms with Crippen molar-refractivity contribution in [3.05, 3.63) is 33.9 Å². The molecule has 0 spiro atoms. The Morgan fingerprint density at radius 2 is 2.17 bits per heavy atom. The third-order valence-electron chi connectivity index (χ3n) is 4.21. The molecule has 0 radical (unpaired) electrons. The second kappa shape index (κ2) is 7.65. The van der Waals surface area contributed by atoms with Crippen LogP contribution in [0.1, 0.15) is 30.6 Å². The van der Waals surface area contributed by atoms with E-state index in [1.807, 2.05) is 13.8 Å². The third-order valence-corrected chi connectivity index (χ3v) is 5.17. The van der Waals surface area contributed by atoms with Gasteiger partial charge >= 0.3 is 5.97 Å². The summed E-state index contributed by atoms with van der Waals surface area (Å²) in [6.07, 6.45) is 0.396. The normalized spacial score (nSPS) is 20.7. The minimum atomic E-state index is -0.841. The first kappa shape index (κ1) is 18.3. The highest BCUT2D eigenvalue weighted by molar-refractivity contribution is 7.99. The zero-order chi connectivity index (χ0) is 17.9. The van der Waals surface area contributed by atoms with Crippen LogP contribution in [0.5, 0.6) is 0 Å². The number of thioether (sulfide) groups is 1. The molecule has 1 N–H and O–H groups in total. The van der Waals surface area contributed by atoms with E-state index in [4.69, 9.17) is 0 Å². The minimum absolute atomic E-state index is 0.118. The molecule has 7 nitrogen and oxygen atoms in total. The van der Waals surface area contributed by atoms with E-state index in [9.17, 15) is 24.8 Å². The second-order valence-corrected chi connectivity index (χ2v) is 7.14. The molecule has 8 heteroatoms. The maximum atomic E-state index is 12.8. The molecule has 0 aromatic heterocycles. The molecule has 2 unspecified atom stereocenters. The lowest BCUT2D eigenvalue weighted by atomic mass is 9.87. The lowest BCUT2D eigenvalue weighted by Gasteiger charge is -2.35. The van der Waals surface area contributed by atoms with Crippen molar-refractivity contribution in [3.8, 4) is 0 Å². The highest BCUT2D eigenvalue weighted by Crippen LogP contribution is 2.30. The fourth-order valence-corrected chi connectivity index (χ4v) is 3.72. The molecule has 1 amide bonds. The Morgan fingerprint density at radius 3 is 2.71 bits per heavy atom. The van der Waals surface area contributed by atoms with Crippen LogP contribution in [-0.4, -0.2) is 45.6 Å². The Balaban J connectivity index is 2.27. The number of carboxylic acids is 1. The van der Waals surface area contributed by atoms with Crippen LogP contribution in [0, 0.1) is 22.0 Å². The number of nitro groups is 1. The summed E-state index contributed by atoms with van der Waals surface area (Å²) in [6.45, 7) is 4.45. The molecular formula is C16H20N2O5S. The van der Waals surface area contributed by atoms with Crippen molar-refractivity contribution in [1.82, 2.24) is 4.90 Å². The summed E-state index contributed by atoms with van der Waals surface area (Å²) in [4.78, 5) is 36.8. The number of rotatable bonds is 5. The molecule has 1 aliphatic rings. The van der Waals surface area contributed by atoms with Crippen molar-refractivity contribution in [2.24, 2.45) is 11.8 Å². The number of nitro benzene ring substituents is 1. The first-order valence-corrected chi connectivity index (χ1v) is 8.77. The Kier molecular flexibility index (Phi) is 5.82. The van der Waals surface area contributed by atoms with Gasteiger partial charge in [0.2, 0.25) is 0 Å². The summed E-state index contributed by atoms with van der Waals surface area (Å²) < 4.78 is 0. The number of amides is 1. The number of hydrogen-bond donors (Lipinski definition) is 1. The summed E-state index contributed by atoms with van der Waals surface area (Å²) in [5.41, 5.74) is 0.198. The van der Waals surface area contributed by atoms with Crippen molar-refractivity contribution in [2.75, 3.05) is 18.8 Å². The zero-order valence-corrected chi connectivity index (χ0v) is 14.4. The van der Waals surface area contributed by atoms with Gasteiger partial charge < -0.3 is 10.0 Å². The van der Waals surface area contributed by atoms with Crippen molar-refractivity contribution in [1.29, 1.82) is 0 Å². The van der Waals surface area contributed by atoms with Gasteiger partial charge in [0.25, 0.3) is 11.6 Å². The molecule has 1 aromatic carbocycles. The Labute approximate surface area is 144 Å². The average Bonchev–Trinajstić information content (AvgIpc) is 2.54. The first-order chi connectivity index (χ1) is 11.3. The van der Waals surface area contributed by atoms with E-state index in [-0.39, 0.29) is 17.5 Å². The summed E-state index contributed by atoms with van der Waals surface area (Å²) in [5.74, 6) is -0.974. The minimum Gasteiger partial charge on any atom is -0.481 e. The predicted molar refractivity (Wildman–Crippen MR) is 90.3 cm³/mol. The molecule has 0 saturated carbocycles. The molecule has 1 fully saturated rings. The number of aliphatic carboxylic acids is 1. The van der Waals surface area contributed by atoms with Crippen LogP contribution in [0.25, 0.3) is 0 Å². The van der Waals surface area contributed by atoms with Gasteiger partial charge in [-0.1, -0.05) is 13.8 Å². The summed E-state index contributed by atoms with van der Waals surface area (Å²) in [5, 5.41) is 20.2. The molecule has 2 rings (SSSR count). The van der Waals surface area contributed by atoms with Gasteiger partial charge in [-0.15, -0.1) is 11.8 Å². The van der Waals surface area contributed by atoms with Gasteiger partial charge in [-0.25, -0.2) is 0 Å². The fourth-order valence-electron chi connectivity index (χ4n) is 2.95. The van der Waals surface area contributed by atoms with E-state index in [1.165, 1.54) is 23.9 Å². The molecule has 24 heavy (non-hydrogen) atoms. The third kappa shape index (κ3) is 3.87. The topological polar surface area (TPSA) is 101 Å². The molecule has 1 aliphatic heterocycles. The number of non-ortho nitro benzene ring substituents is 1. The SMILES string of the molecule is CCSc1ccc([N+](=O)[O-])cc1C(=O)N1CCC(C(=O)O)C(C)C1. The molecule has 130 valence electrons. The average molecular weight is 352 g/mol. The van der Waals surface area contributed by atoms with Gasteiger partial charge in [-0.05, 0) is 24.2 Å². The van der Waals surface area contributed by atoms with E-state index in [1.54, 1.807) is 11.0 Å². The number of nitrogens with zero attached hydrogens (tertiary/aromatic N) is 2. The van der Waals surface area contributed by atoms with Crippen molar-refractivity contribution < 1.29 is 19.6 Å². The monoisotopic (exact) mass is 352 g/mol. The van der Waals surface area contributed by atoms with Crippen molar-refractivity contribution >= 4 is 29.3 Å². The van der Waals surface area contributed by atoms with E-state index in [0.717, 1.165) is 5.75 Å². The summed E-state index contributed by atoms with van der Waals surface area (Å²) in [7, 11) is 0. The van der Waals surface area contributed by atoms with Crippen molar-refractivity contribution in [3.63, 3.8) is 0 Å². The van der Waals surface area contributed by atoms with Crippen LogP contribution in [0.4, 0.5) is 5.69 Å². The van der Waals surface area contributed by atoms with Crippen LogP contribution in [0.3, 0.4) is 0 Å². The number of carbonyl (C=O) groups excluding carboxylic acids is 1. The molecule has 1 saturated heterocycles. The second-order valence-electron chi connectivity index (χ2n) is 5.83. The predicted octanol–water partition coefficient (Wildman–Crippen LogP) is 2.89. The number of likely N-dealkylation sites (tertiary alicyclic amines) is 1. The number of piperidine rings is 1. The lowest BCUT2D eigenvalue weighted by Crippen LogP contribution is -2.45. The van der Waals surface area contributed by atoms with Gasteiger partial charge in [0.1, 0.15) is 0 Å².